The second kappa shape index (κ2) is 7.28. The van der Waals surface area contributed by atoms with Gasteiger partial charge in [0.2, 0.25) is 5.16 Å². The standard InChI is InChI=1S/C15H22N8OS/c1-10-8-16-13-12(18-15(25-5)20-23(10)13)17-11-9-22(7-6-21(2)3)19-14(11)24-4/h8-9H,6-7H2,1-5H3,(H,17,18,20). The van der Waals surface area contributed by atoms with Crippen molar-refractivity contribution in [3.05, 3.63) is 18.1 Å². The van der Waals surface area contributed by atoms with Gasteiger partial charge in [-0.2, -0.15) is 4.98 Å². The monoisotopic (exact) mass is 362 g/mol. The fourth-order valence-corrected chi connectivity index (χ4v) is 2.67. The molecule has 3 heterocycles. The Hall–Kier alpha value is -2.33. The molecular weight excluding hydrogens is 340 g/mol. The molecule has 3 aromatic rings. The van der Waals surface area contributed by atoms with Gasteiger partial charge >= 0.3 is 0 Å². The highest BCUT2D eigenvalue weighted by Gasteiger charge is 2.15. The van der Waals surface area contributed by atoms with Crippen molar-refractivity contribution in [3.8, 4) is 5.88 Å². The summed E-state index contributed by atoms with van der Waals surface area (Å²) < 4.78 is 9.03. The van der Waals surface area contributed by atoms with Crippen molar-refractivity contribution in [2.45, 2.75) is 18.6 Å². The number of hydrogen-bond donors (Lipinski definition) is 1. The molecule has 0 amide bonds. The van der Waals surface area contributed by atoms with Gasteiger partial charge in [-0.3, -0.25) is 4.68 Å². The number of methoxy groups -OCH3 is 1. The van der Waals surface area contributed by atoms with Gasteiger partial charge in [0, 0.05) is 6.54 Å². The predicted molar refractivity (Wildman–Crippen MR) is 97.9 cm³/mol. The lowest BCUT2D eigenvalue weighted by Gasteiger charge is -2.08. The van der Waals surface area contributed by atoms with Gasteiger partial charge in [-0.25, -0.2) is 9.50 Å². The number of hydrogen-bond acceptors (Lipinski definition) is 8. The van der Waals surface area contributed by atoms with Crippen molar-refractivity contribution in [2.75, 3.05) is 39.3 Å². The number of anilines is 2. The number of rotatable bonds is 7. The molecule has 0 fully saturated rings. The summed E-state index contributed by atoms with van der Waals surface area (Å²) in [5.74, 6) is 1.14. The summed E-state index contributed by atoms with van der Waals surface area (Å²) >= 11 is 1.48. The van der Waals surface area contributed by atoms with Crippen molar-refractivity contribution in [1.82, 2.24) is 34.3 Å². The van der Waals surface area contributed by atoms with Crippen LogP contribution in [-0.4, -0.2) is 68.3 Å². The Bertz CT molecular complexity index is 872. The minimum Gasteiger partial charge on any atom is -0.478 e. The summed E-state index contributed by atoms with van der Waals surface area (Å²) in [6.45, 7) is 3.61. The van der Waals surface area contributed by atoms with Crippen LogP contribution in [0.25, 0.3) is 5.65 Å². The molecule has 0 spiro atoms. The molecule has 10 heteroatoms. The number of fused-ring (bicyclic) bond motifs is 1. The van der Waals surface area contributed by atoms with E-state index in [1.165, 1.54) is 11.8 Å². The van der Waals surface area contributed by atoms with Crippen molar-refractivity contribution < 1.29 is 4.74 Å². The van der Waals surface area contributed by atoms with Crippen LogP contribution in [0.4, 0.5) is 11.5 Å². The first-order valence-corrected chi connectivity index (χ1v) is 9.04. The van der Waals surface area contributed by atoms with Gasteiger partial charge in [0.1, 0.15) is 5.69 Å². The van der Waals surface area contributed by atoms with Crippen LogP contribution in [0.5, 0.6) is 5.88 Å². The van der Waals surface area contributed by atoms with Gasteiger partial charge in [0.25, 0.3) is 5.88 Å². The van der Waals surface area contributed by atoms with E-state index in [9.17, 15) is 0 Å². The van der Waals surface area contributed by atoms with Gasteiger partial charge in [0.05, 0.1) is 31.7 Å². The zero-order chi connectivity index (χ0) is 18.0. The largest absolute Gasteiger partial charge is 0.478 e. The molecule has 0 saturated carbocycles. The Morgan fingerprint density at radius 1 is 1.32 bits per heavy atom. The molecule has 0 aliphatic rings. The van der Waals surface area contributed by atoms with E-state index < -0.39 is 0 Å². The fraction of sp³-hybridized carbons (Fsp3) is 0.467. The second-order valence-electron chi connectivity index (χ2n) is 5.83. The topological polar surface area (TPSA) is 85.4 Å². The summed E-state index contributed by atoms with van der Waals surface area (Å²) in [5.41, 5.74) is 2.36. The first-order chi connectivity index (χ1) is 12.0. The van der Waals surface area contributed by atoms with E-state index in [2.05, 4.69) is 30.4 Å². The number of aromatic nitrogens is 6. The van der Waals surface area contributed by atoms with Crippen molar-refractivity contribution in [3.63, 3.8) is 0 Å². The lowest BCUT2D eigenvalue weighted by Crippen LogP contribution is -2.18. The van der Waals surface area contributed by atoms with E-state index in [4.69, 9.17) is 4.74 Å². The minimum absolute atomic E-state index is 0.518. The lowest BCUT2D eigenvalue weighted by molar-refractivity contribution is 0.358. The molecule has 1 N–H and O–H groups in total. The molecule has 0 radical (unpaired) electrons. The van der Waals surface area contributed by atoms with Crippen LogP contribution in [0.2, 0.25) is 0 Å². The zero-order valence-electron chi connectivity index (χ0n) is 15.0. The van der Waals surface area contributed by atoms with Crippen LogP contribution in [0.15, 0.2) is 17.6 Å². The summed E-state index contributed by atoms with van der Waals surface area (Å²) in [6.07, 6.45) is 5.63. The van der Waals surface area contributed by atoms with E-state index >= 15 is 0 Å². The van der Waals surface area contributed by atoms with Crippen LogP contribution >= 0.6 is 11.8 Å². The van der Waals surface area contributed by atoms with E-state index in [-0.39, 0.29) is 0 Å². The van der Waals surface area contributed by atoms with Crippen LogP contribution in [0.3, 0.4) is 0 Å². The van der Waals surface area contributed by atoms with Crippen LogP contribution < -0.4 is 10.1 Å². The van der Waals surface area contributed by atoms with Gasteiger partial charge < -0.3 is 15.0 Å². The quantitative estimate of drug-likeness (QED) is 0.635. The summed E-state index contributed by atoms with van der Waals surface area (Å²) in [4.78, 5) is 11.1. The van der Waals surface area contributed by atoms with E-state index in [0.29, 0.717) is 22.5 Å². The lowest BCUT2D eigenvalue weighted by atomic mass is 10.5. The number of ether oxygens (including phenoxy) is 1. The highest BCUT2D eigenvalue weighted by Crippen LogP contribution is 2.28. The highest BCUT2D eigenvalue weighted by atomic mass is 32.2. The predicted octanol–water partition coefficient (Wildman–Crippen LogP) is 1.66. The Balaban J connectivity index is 1.95. The SMILES string of the molecule is COc1nn(CCN(C)C)cc1Nc1nc(SC)nn2c(C)cnc12. The molecule has 0 bridgehead atoms. The molecule has 25 heavy (non-hydrogen) atoms. The zero-order valence-corrected chi connectivity index (χ0v) is 15.8. The number of aryl methyl sites for hydroxylation is 1. The molecule has 9 nitrogen and oxygen atoms in total. The van der Waals surface area contributed by atoms with Gasteiger partial charge in [0.15, 0.2) is 11.5 Å². The normalized spacial score (nSPS) is 11.4. The number of likely N-dealkylation sites (N-methyl/N-ethyl adjacent to an activating group) is 1. The molecule has 3 aromatic heterocycles. The Kier molecular flexibility index (Phi) is 5.09. The molecule has 0 unspecified atom stereocenters. The maximum atomic E-state index is 5.39. The number of imidazole rings is 1. The van der Waals surface area contributed by atoms with Crippen LogP contribution in [-0.2, 0) is 6.54 Å². The van der Waals surface area contributed by atoms with Crippen molar-refractivity contribution in [2.24, 2.45) is 0 Å². The Morgan fingerprint density at radius 2 is 2.12 bits per heavy atom. The molecule has 0 aliphatic heterocycles. The van der Waals surface area contributed by atoms with E-state index in [0.717, 1.165) is 24.5 Å². The first kappa shape index (κ1) is 17.5. The highest BCUT2D eigenvalue weighted by molar-refractivity contribution is 7.98. The molecule has 0 saturated heterocycles. The third-order valence-corrected chi connectivity index (χ3v) is 4.18. The van der Waals surface area contributed by atoms with Crippen LogP contribution in [0.1, 0.15) is 5.69 Å². The molecule has 0 aromatic carbocycles. The van der Waals surface area contributed by atoms with Gasteiger partial charge in [-0.15, -0.1) is 10.2 Å². The molecular formula is C15H22N8OS. The van der Waals surface area contributed by atoms with E-state index in [1.807, 2.05) is 38.2 Å². The van der Waals surface area contributed by atoms with E-state index in [1.54, 1.807) is 17.8 Å². The third-order valence-electron chi connectivity index (χ3n) is 3.65. The molecule has 0 aliphatic carbocycles. The summed E-state index contributed by atoms with van der Waals surface area (Å²) in [7, 11) is 5.66. The first-order valence-electron chi connectivity index (χ1n) is 7.81. The maximum absolute atomic E-state index is 5.39. The number of thioether (sulfide) groups is 1. The summed E-state index contributed by atoms with van der Waals surface area (Å²) in [5, 5.41) is 12.9. The van der Waals surface area contributed by atoms with Crippen molar-refractivity contribution >= 4 is 28.9 Å². The Morgan fingerprint density at radius 3 is 2.80 bits per heavy atom. The number of nitrogens with one attached hydrogen (secondary N) is 1. The second-order valence-corrected chi connectivity index (χ2v) is 6.60. The maximum Gasteiger partial charge on any atom is 0.256 e. The molecule has 3 rings (SSSR count). The smallest absolute Gasteiger partial charge is 0.256 e. The van der Waals surface area contributed by atoms with Crippen molar-refractivity contribution in [1.29, 1.82) is 0 Å². The summed E-state index contributed by atoms with van der Waals surface area (Å²) in [6, 6.07) is 0. The fourth-order valence-electron chi connectivity index (χ4n) is 2.33. The average molecular weight is 362 g/mol. The van der Waals surface area contributed by atoms with Gasteiger partial charge in [-0.05, 0) is 27.3 Å². The van der Waals surface area contributed by atoms with Gasteiger partial charge in [-0.1, -0.05) is 11.8 Å². The molecule has 0 atom stereocenters. The Labute approximate surface area is 150 Å². The van der Waals surface area contributed by atoms with Crippen LogP contribution in [0, 0.1) is 6.92 Å². The minimum atomic E-state index is 0.518. The average Bonchev–Trinajstić information content (AvgIpc) is 3.16. The third kappa shape index (κ3) is 3.69. The molecule has 134 valence electrons. The number of nitrogens with zero attached hydrogens (tertiary/aromatic N) is 7.